The molecule has 26 heavy (non-hydrogen) atoms. The molecular weight excluding hydrogens is 353 g/mol. The molecule has 7 heteroatoms. The number of nitrogens with zero attached hydrogens (tertiary/aromatic N) is 2. The maximum absolute atomic E-state index is 12.9. The Morgan fingerprint density at radius 3 is 2.69 bits per heavy atom. The van der Waals surface area contributed by atoms with E-state index in [0.717, 1.165) is 22.0 Å². The summed E-state index contributed by atoms with van der Waals surface area (Å²) in [6.07, 6.45) is 1.68. The number of methoxy groups -OCH3 is 1. The van der Waals surface area contributed by atoms with Gasteiger partial charge in [0, 0.05) is 5.38 Å². The first-order valence-electron chi connectivity index (χ1n) is 7.90. The summed E-state index contributed by atoms with van der Waals surface area (Å²) in [7, 11) is 1.58. The van der Waals surface area contributed by atoms with Crippen LogP contribution in [0.3, 0.4) is 0 Å². The predicted molar refractivity (Wildman–Crippen MR) is 102 cm³/mol. The second-order valence-corrected chi connectivity index (χ2v) is 6.35. The van der Waals surface area contributed by atoms with E-state index in [4.69, 9.17) is 9.47 Å². The Bertz CT molecular complexity index is 894. The van der Waals surface area contributed by atoms with Crippen LogP contribution in [0.25, 0.3) is 0 Å². The van der Waals surface area contributed by atoms with Gasteiger partial charge in [-0.05, 0) is 48.4 Å². The Balaban J connectivity index is 1.63. The number of halogens is 1. The minimum atomic E-state index is -0.267. The number of aromatic nitrogens is 1. The van der Waals surface area contributed by atoms with Crippen LogP contribution in [0.4, 0.5) is 9.52 Å². The molecule has 3 rings (SSSR count). The summed E-state index contributed by atoms with van der Waals surface area (Å²) in [5.74, 6) is 0.940. The Kier molecular flexibility index (Phi) is 5.80. The third-order valence-electron chi connectivity index (χ3n) is 3.49. The standard InChI is InChI=1S/C19H18FN3O2S/c1-13-12-26-19(22-13)23-21-10-15-5-8-17(18(9-15)24-2)25-11-14-3-6-16(20)7-4-14/h3-10,12H,11H2,1-2H3,(H,22,23)/b21-10-. The van der Waals surface area contributed by atoms with Crippen molar-refractivity contribution in [3.63, 3.8) is 0 Å². The Morgan fingerprint density at radius 1 is 1.19 bits per heavy atom. The average Bonchev–Trinajstić information content (AvgIpc) is 3.07. The van der Waals surface area contributed by atoms with Gasteiger partial charge >= 0.3 is 0 Å². The summed E-state index contributed by atoms with van der Waals surface area (Å²) < 4.78 is 24.1. The number of ether oxygens (including phenoxy) is 2. The molecule has 2 aromatic carbocycles. The van der Waals surface area contributed by atoms with E-state index in [1.165, 1.54) is 23.5 Å². The van der Waals surface area contributed by atoms with Gasteiger partial charge in [-0.25, -0.2) is 9.37 Å². The van der Waals surface area contributed by atoms with Crippen molar-refractivity contribution in [3.05, 3.63) is 70.5 Å². The molecule has 0 amide bonds. The molecule has 1 heterocycles. The molecule has 0 bridgehead atoms. The number of benzene rings is 2. The van der Waals surface area contributed by atoms with E-state index in [2.05, 4.69) is 15.5 Å². The van der Waals surface area contributed by atoms with Crippen molar-refractivity contribution in [1.82, 2.24) is 4.98 Å². The number of anilines is 1. The Morgan fingerprint density at radius 2 is 2.00 bits per heavy atom. The third kappa shape index (κ3) is 4.80. The Labute approximate surface area is 155 Å². The first-order chi connectivity index (χ1) is 12.6. The SMILES string of the molecule is COc1cc(/C=N\Nc2nc(C)cs2)ccc1OCc1ccc(F)cc1. The van der Waals surface area contributed by atoms with Crippen molar-refractivity contribution in [3.8, 4) is 11.5 Å². The van der Waals surface area contributed by atoms with Gasteiger partial charge < -0.3 is 9.47 Å². The summed E-state index contributed by atoms with van der Waals surface area (Å²) in [6.45, 7) is 2.26. The summed E-state index contributed by atoms with van der Waals surface area (Å²) in [5.41, 5.74) is 5.58. The minimum absolute atomic E-state index is 0.267. The molecule has 0 aliphatic heterocycles. The van der Waals surface area contributed by atoms with Crippen molar-refractivity contribution in [1.29, 1.82) is 0 Å². The number of hydrazone groups is 1. The summed E-state index contributed by atoms with van der Waals surface area (Å²) >= 11 is 1.50. The summed E-state index contributed by atoms with van der Waals surface area (Å²) in [6, 6.07) is 11.7. The molecule has 0 radical (unpaired) electrons. The van der Waals surface area contributed by atoms with E-state index in [1.54, 1.807) is 25.5 Å². The van der Waals surface area contributed by atoms with E-state index in [9.17, 15) is 4.39 Å². The maximum atomic E-state index is 12.9. The summed E-state index contributed by atoms with van der Waals surface area (Å²) in [4.78, 5) is 4.27. The fourth-order valence-corrected chi connectivity index (χ4v) is 2.83. The molecular formula is C19H18FN3O2S. The number of nitrogens with one attached hydrogen (secondary N) is 1. The van der Waals surface area contributed by atoms with Gasteiger partial charge in [-0.2, -0.15) is 5.10 Å². The van der Waals surface area contributed by atoms with Crippen molar-refractivity contribution in [2.75, 3.05) is 12.5 Å². The monoisotopic (exact) mass is 371 g/mol. The van der Waals surface area contributed by atoms with Gasteiger partial charge in [0.25, 0.3) is 0 Å². The molecule has 3 aromatic rings. The highest BCUT2D eigenvalue weighted by Crippen LogP contribution is 2.28. The molecule has 1 N–H and O–H groups in total. The number of aryl methyl sites for hydroxylation is 1. The van der Waals surface area contributed by atoms with E-state index in [-0.39, 0.29) is 5.82 Å². The normalized spacial score (nSPS) is 10.9. The number of hydrogen-bond donors (Lipinski definition) is 1. The zero-order valence-electron chi connectivity index (χ0n) is 14.4. The quantitative estimate of drug-likeness (QED) is 0.486. The highest BCUT2D eigenvalue weighted by molar-refractivity contribution is 7.13. The van der Waals surface area contributed by atoms with Gasteiger partial charge in [0.1, 0.15) is 12.4 Å². The third-order valence-corrected chi connectivity index (χ3v) is 4.35. The van der Waals surface area contributed by atoms with Crippen molar-refractivity contribution < 1.29 is 13.9 Å². The maximum Gasteiger partial charge on any atom is 0.203 e. The molecule has 0 saturated heterocycles. The second kappa shape index (κ2) is 8.44. The van der Waals surface area contributed by atoms with Crippen LogP contribution < -0.4 is 14.9 Å². The molecule has 1 aromatic heterocycles. The van der Waals surface area contributed by atoms with E-state index < -0.39 is 0 Å². The number of rotatable bonds is 7. The molecule has 0 unspecified atom stereocenters. The van der Waals surface area contributed by atoms with Gasteiger partial charge in [-0.1, -0.05) is 12.1 Å². The molecule has 0 aliphatic carbocycles. The average molecular weight is 371 g/mol. The van der Waals surface area contributed by atoms with Crippen LogP contribution in [0.1, 0.15) is 16.8 Å². The smallest absolute Gasteiger partial charge is 0.203 e. The lowest BCUT2D eigenvalue weighted by Crippen LogP contribution is -1.99. The fraction of sp³-hybridized carbons (Fsp3) is 0.158. The highest BCUT2D eigenvalue weighted by Gasteiger charge is 2.06. The van der Waals surface area contributed by atoms with E-state index in [1.807, 2.05) is 30.5 Å². The summed E-state index contributed by atoms with van der Waals surface area (Å²) in [5, 5.41) is 6.87. The van der Waals surface area contributed by atoms with Crippen LogP contribution >= 0.6 is 11.3 Å². The molecule has 0 fully saturated rings. The first kappa shape index (κ1) is 17.9. The predicted octanol–water partition coefficient (Wildman–Crippen LogP) is 4.62. The van der Waals surface area contributed by atoms with Gasteiger partial charge in [0.15, 0.2) is 11.5 Å². The zero-order valence-corrected chi connectivity index (χ0v) is 15.2. The fourth-order valence-electron chi connectivity index (χ4n) is 2.19. The molecule has 5 nitrogen and oxygen atoms in total. The minimum Gasteiger partial charge on any atom is -0.493 e. The molecule has 0 aliphatic rings. The molecule has 134 valence electrons. The zero-order chi connectivity index (χ0) is 18.4. The van der Waals surface area contributed by atoms with Gasteiger partial charge in [-0.15, -0.1) is 11.3 Å². The molecule has 0 spiro atoms. The largest absolute Gasteiger partial charge is 0.493 e. The van der Waals surface area contributed by atoms with Gasteiger partial charge in [-0.3, -0.25) is 5.43 Å². The molecule has 0 saturated carbocycles. The van der Waals surface area contributed by atoms with Crippen LogP contribution in [-0.4, -0.2) is 18.3 Å². The Hall–Kier alpha value is -2.93. The van der Waals surface area contributed by atoms with Crippen LogP contribution in [-0.2, 0) is 6.61 Å². The number of hydrogen-bond acceptors (Lipinski definition) is 6. The van der Waals surface area contributed by atoms with Crippen LogP contribution in [0, 0.1) is 12.7 Å². The van der Waals surface area contributed by atoms with E-state index in [0.29, 0.717) is 18.1 Å². The number of thiazole rings is 1. The lowest BCUT2D eigenvalue weighted by atomic mass is 10.2. The molecule has 0 atom stereocenters. The van der Waals surface area contributed by atoms with E-state index >= 15 is 0 Å². The van der Waals surface area contributed by atoms with Gasteiger partial charge in [0.05, 0.1) is 19.0 Å². The van der Waals surface area contributed by atoms with Crippen LogP contribution in [0.2, 0.25) is 0 Å². The van der Waals surface area contributed by atoms with Gasteiger partial charge in [0.2, 0.25) is 5.13 Å². The second-order valence-electron chi connectivity index (χ2n) is 5.49. The first-order valence-corrected chi connectivity index (χ1v) is 8.78. The topological polar surface area (TPSA) is 55.7 Å². The van der Waals surface area contributed by atoms with Crippen molar-refractivity contribution in [2.24, 2.45) is 5.10 Å². The lowest BCUT2D eigenvalue weighted by Gasteiger charge is -2.11. The van der Waals surface area contributed by atoms with Crippen LogP contribution in [0.5, 0.6) is 11.5 Å². The van der Waals surface area contributed by atoms with Crippen molar-refractivity contribution in [2.45, 2.75) is 13.5 Å². The van der Waals surface area contributed by atoms with Crippen LogP contribution in [0.15, 0.2) is 52.9 Å². The lowest BCUT2D eigenvalue weighted by molar-refractivity contribution is 0.284. The highest BCUT2D eigenvalue weighted by atomic mass is 32.1. The van der Waals surface area contributed by atoms with Crippen molar-refractivity contribution >= 4 is 22.7 Å².